The Hall–Kier alpha value is -1.70. The molecular weight excluding hydrogens is 404 g/mol. The number of halogens is 1. The van der Waals surface area contributed by atoms with Gasteiger partial charge in [0.15, 0.2) is 0 Å². The lowest BCUT2D eigenvalue weighted by molar-refractivity contribution is 0.102. The molecule has 25 heavy (non-hydrogen) atoms. The Kier molecular flexibility index (Phi) is 5.71. The van der Waals surface area contributed by atoms with Gasteiger partial charge in [-0.05, 0) is 69.7 Å². The molecule has 0 aliphatic heterocycles. The highest BCUT2D eigenvalue weighted by molar-refractivity contribution is 9.10. The predicted octanol–water partition coefficient (Wildman–Crippen LogP) is 4.09. The summed E-state index contributed by atoms with van der Waals surface area (Å²) in [6, 6.07) is 11.4. The summed E-state index contributed by atoms with van der Waals surface area (Å²) in [6.45, 7) is 7.27. The molecule has 0 saturated carbocycles. The van der Waals surface area contributed by atoms with E-state index in [9.17, 15) is 13.2 Å². The summed E-state index contributed by atoms with van der Waals surface area (Å²) in [7, 11) is -3.62. The lowest BCUT2D eigenvalue weighted by atomic mass is 10.1. The predicted molar refractivity (Wildman–Crippen MR) is 103 cm³/mol. The summed E-state index contributed by atoms with van der Waals surface area (Å²) in [5.41, 5.74) is 1.53. The fraction of sp³-hybridized carbons (Fsp3) is 0.278. The second-order valence-electron chi connectivity index (χ2n) is 6.80. The molecule has 2 rings (SSSR count). The molecule has 2 aromatic rings. The van der Waals surface area contributed by atoms with E-state index >= 15 is 0 Å². The molecule has 7 heteroatoms. The molecule has 0 aromatic heterocycles. The van der Waals surface area contributed by atoms with E-state index in [4.69, 9.17) is 0 Å². The number of carbonyl (C=O) groups excluding carboxylic acids is 1. The minimum atomic E-state index is -3.62. The number of carbonyl (C=O) groups is 1. The maximum atomic E-state index is 12.3. The molecule has 0 bridgehead atoms. The Morgan fingerprint density at radius 2 is 1.64 bits per heavy atom. The molecule has 2 N–H and O–H groups in total. The van der Waals surface area contributed by atoms with Crippen molar-refractivity contribution in [3.05, 3.63) is 58.1 Å². The molecule has 0 unspecified atom stereocenters. The quantitative estimate of drug-likeness (QED) is 0.775. The summed E-state index contributed by atoms with van der Waals surface area (Å²) in [4.78, 5) is 12.4. The van der Waals surface area contributed by atoms with Crippen molar-refractivity contribution < 1.29 is 13.2 Å². The van der Waals surface area contributed by atoms with Crippen LogP contribution in [0.1, 0.15) is 36.7 Å². The molecule has 0 saturated heterocycles. The van der Waals surface area contributed by atoms with E-state index in [1.807, 2.05) is 25.1 Å². The Morgan fingerprint density at radius 1 is 1.04 bits per heavy atom. The van der Waals surface area contributed by atoms with Crippen LogP contribution < -0.4 is 10.0 Å². The third-order valence-electron chi connectivity index (χ3n) is 3.30. The zero-order chi connectivity index (χ0) is 18.8. The van der Waals surface area contributed by atoms with Gasteiger partial charge in [-0.1, -0.05) is 22.0 Å². The Balaban J connectivity index is 2.16. The van der Waals surface area contributed by atoms with Crippen molar-refractivity contribution in [1.29, 1.82) is 0 Å². The standard InChI is InChI=1S/C18H21BrN2O3S/c1-12-5-8-14(11-16(12)19)20-17(22)13-6-9-15(10-7-13)25(23,24)21-18(2,3)4/h5-11,21H,1-4H3,(H,20,22). The van der Waals surface area contributed by atoms with E-state index in [0.717, 1.165) is 10.0 Å². The van der Waals surface area contributed by atoms with Crippen LogP contribution in [0.2, 0.25) is 0 Å². The van der Waals surface area contributed by atoms with Gasteiger partial charge in [-0.3, -0.25) is 4.79 Å². The molecule has 0 spiro atoms. The first-order valence-electron chi connectivity index (χ1n) is 7.69. The van der Waals surface area contributed by atoms with Gasteiger partial charge in [0, 0.05) is 21.3 Å². The molecule has 0 aliphatic rings. The summed E-state index contributed by atoms with van der Waals surface area (Å²) >= 11 is 3.42. The average Bonchev–Trinajstić information content (AvgIpc) is 2.49. The molecular formula is C18H21BrN2O3S. The maximum Gasteiger partial charge on any atom is 0.255 e. The van der Waals surface area contributed by atoms with Crippen LogP contribution in [0.15, 0.2) is 51.8 Å². The number of amides is 1. The lowest BCUT2D eigenvalue weighted by Crippen LogP contribution is -2.40. The third kappa shape index (κ3) is 5.39. The molecule has 0 radical (unpaired) electrons. The maximum absolute atomic E-state index is 12.3. The summed E-state index contributed by atoms with van der Waals surface area (Å²) in [5, 5.41) is 2.79. The van der Waals surface area contributed by atoms with Crippen molar-refractivity contribution in [2.75, 3.05) is 5.32 Å². The zero-order valence-electron chi connectivity index (χ0n) is 14.6. The molecule has 0 fully saturated rings. The molecule has 5 nitrogen and oxygen atoms in total. The van der Waals surface area contributed by atoms with Crippen LogP contribution in [0.4, 0.5) is 5.69 Å². The van der Waals surface area contributed by atoms with Crippen LogP contribution in [0.25, 0.3) is 0 Å². The normalized spacial score (nSPS) is 12.0. The molecule has 0 heterocycles. The summed E-state index contributed by atoms with van der Waals surface area (Å²) < 4.78 is 28.0. The fourth-order valence-corrected chi connectivity index (χ4v) is 3.92. The number of rotatable bonds is 4. The first kappa shape index (κ1) is 19.6. The number of anilines is 1. The van der Waals surface area contributed by atoms with Crippen LogP contribution in [-0.2, 0) is 10.0 Å². The molecule has 134 valence electrons. The van der Waals surface area contributed by atoms with Gasteiger partial charge >= 0.3 is 0 Å². The Bertz CT molecular complexity index is 886. The van der Waals surface area contributed by atoms with Crippen LogP contribution in [0, 0.1) is 6.92 Å². The van der Waals surface area contributed by atoms with Gasteiger partial charge < -0.3 is 5.32 Å². The number of aryl methyl sites for hydroxylation is 1. The minimum absolute atomic E-state index is 0.122. The number of nitrogens with one attached hydrogen (secondary N) is 2. The number of benzene rings is 2. The van der Waals surface area contributed by atoms with E-state index < -0.39 is 15.6 Å². The SMILES string of the molecule is Cc1ccc(NC(=O)c2ccc(S(=O)(=O)NC(C)(C)C)cc2)cc1Br. The minimum Gasteiger partial charge on any atom is -0.322 e. The van der Waals surface area contributed by atoms with Gasteiger partial charge in [0.2, 0.25) is 10.0 Å². The zero-order valence-corrected chi connectivity index (χ0v) is 17.0. The van der Waals surface area contributed by atoms with Crippen molar-refractivity contribution in [3.8, 4) is 0 Å². The van der Waals surface area contributed by atoms with Crippen molar-refractivity contribution in [1.82, 2.24) is 4.72 Å². The summed E-state index contributed by atoms with van der Waals surface area (Å²) in [6.07, 6.45) is 0. The highest BCUT2D eigenvalue weighted by Crippen LogP contribution is 2.21. The molecule has 1 amide bonds. The number of hydrogen-bond donors (Lipinski definition) is 2. The fourth-order valence-electron chi connectivity index (χ4n) is 2.12. The number of sulfonamides is 1. The smallest absolute Gasteiger partial charge is 0.255 e. The topological polar surface area (TPSA) is 75.3 Å². The Labute approximate surface area is 157 Å². The van der Waals surface area contributed by atoms with Gasteiger partial charge in [-0.25, -0.2) is 13.1 Å². The largest absolute Gasteiger partial charge is 0.322 e. The van der Waals surface area contributed by atoms with Crippen molar-refractivity contribution >= 4 is 37.5 Å². The van der Waals surface area contributed by atoms with E-state index in [-0.39, 0.29) is 10.8 Å². The van der Waals surface area contributed by atoms with Gasteiger partial charge in [0.25, 0.3) is 5.91 Å². The summed E-state index contributed by atoms with van der Waals surface area (Å²) in [5.74, 6) is -0.302. The van der Waals surface area contributed by atoms with Crippen LogP contribution in [0.3, 0.4) is 0 Å². The van der Waals surface area contributed by atoms with Gasteiger partial charge in [-0.15, -0.1) is 0 Å². The van der Waals surface area contributed by atoms with Gasteiger partial charge in [-0.2, -0.15) is 0 Å². The average molecular weight is 425 g/mol. The van der Waals surface area contributed by atoms with Crippen molar-refractivity contribution in [2.45, 2.75) is 38.1 Å². The molecule has 2 aromatic carbocycles. The van der Waals surface area contributed by atoms with Crippen LogP contribution in [-0.4, -0.2) is 19.9 Å². The molecule has 0 aliphatic carbocycles. The van der Waals surface area contributed by atoms with Gasteiger partial charge in [0.1, 0.15) is 0 Å². The van der Waals surface area contributed by atoms with Crippen molar-refractivity contribution in [3.63, 3.8) is 0 Å². The molecule has 0 atom stereocenters. The van der Waals surface area contributed by atoms with Gasteiger partial charge in [0.05, 0.1) is 4.90 Å². The monoisotopic (exact) mass is 424 g/mol. The first-order valence-corrected chi connectivity index (χ1v) is 9.97. The van der Waals surface area contributed by atoms with E-state index in [2.05, 4.69) is 26.0 Å². The highest BCUT2D eigenvalue weighted by Gasteiger charge is 2.22. The van der Waals surface area contributed by atoms with E-state index in [1.165, 1.54) is 24.3 Å². The van der Waals surface area contributed by atoms with Crippen molar-refractivity contribution in [2.24, 2.45) is 0 Å². The van der Waals surface area contributed by atoms with E-state index in [1.54, 1.807) is 20.8 Å². The van der Waals surface area contributed by atoms with Crippen LogP contribution in [0.5, 0.6) is 0 Å². The number of hydrogen-bond acceptors (Lipinski definition) is 3. The highest BCUT2D eigenvalue weighted by atomic mass is 79.9. The second kappa shape index (κ2) is 7.27. The first-order chi connectivity index (χ1) is 11.5. The van der Waals surface area contributed by atoms with Crippen LogP contribution >= 0.6 is 15.9 Å². The Morgan fingerprint density at radius 3 is 2.16 bits per heavy atom. The third-order valence-corrected chi connectivity index (χ3v) is 5.93. The lowest BCUT2D eigenvalue weighted by Gasteiger charge is -2.20. The van der Waals surface area contributed by atoms with E-state index in [0.29, 0.717) is 11.3 Å². The second-order valence-corrected chi connectivity index (χ2v) is 9.33.